The first kappa shape index (κ1) is 22.2. The second-order valence-corrected chi connectivity index (χ2v) is 8.10. The predicted molar refractivity (Wildman–Crippen MR) is 118 cm³/mol. The van der Waals surface area contributed by atoms with Gasteiger partial charge in [0, 0.05) is 17.5 Å². The van der Waals surface area contributed by atoms with Crippen LogP contribution in [0.4, 0.5) is 14.2 Å². The van der Waals surface area contributed by atoms with Crippen LogP contribution in [0.1, 0.15) is 43.0 Å². The van der Waals surface area contributed by atoms with E-state index in [9.17, 15) is 14.0 Å². The molecule has 1 fully saturated rings. The predicted octanol–water partition coefficient (Wildman–Crippen LogP) is 4.73. The van der Waals surface area contributed by atoms with Crippen LogP contribution in [-0.2, 0) is 4.74 Å². The molecule has 162 valence electrons. The van der Waals surface area contributed by atoms with E-state index in [4.69, 9.17) is 4.74 Å². The van der Waals surface area contributed by atoms with Crippen LogP contribution in [0, 0.1) is 5.82 Å². The lowest BCUT2D eigenvalue weighted by Gasteiger charge is -2.14. The summed E-state index contributed by atoms with van der Waals surface area (Å²) in [4.78, 5) is 27.3. The monoisotopic (exact) mass is 433 g/mol. The van der Waals surface area contributed by atoms with Gasteiger partial charge >= 0.3 is 12.0 Å². The Kier molecular flexibility index (Phi) is 8.21. The molecule has 0 spiro atoms. The first-order valence-electron chi connectivity index (χ1n) is 10.4. The molecule has 0 unspecified atom stereocenters. The van der Waals surface area contributed by atoms with Crippen molar-refractivity contribution in [3.05, 3.63) is 41.0 Å². The van der Waals surface area contributed by atoms with Gasteiger partial charge in [0.2, 0.25) is 0 Å². The number of rotatable bonds is 9. The lowest BCUT2D eigenvalue weighted by molar-refractivity contribution is 0.0529. The van der Waals surface area contributed by atoms with Crippen LogP contribution in [0.25, 0.3) is 11.1 Å². The molecule has 30 heavy (non-hydrogen) atoms. The van der Waals surface area contributed by atoms with E-state index in [-0.39, 0.29) is 24.0 Å². The van der Waals surface area contributed by atoms with Crippen LogP contribution in [-0.4, -0.2) is 49.7 Å². The minimum absolute atomic E-state index is 0.222. The van der Waals surface area contributed by atoms with Gasteiger partial charge in [0.25, 0.3) is 0 Å². The number of anilines is 1. The molecule has 1 saturated heterocycles. The molecule has 2 aromatic rings. The Hall–Kier alpha value is -2.45. The number of benzene rings is 1. The Balaban J connectivity index is 1.59. The van der Waals surface area contributed by atoms with E-state index in [2.05, 4.69) is 15.5 Å². The largest absolute Gasteiger partial charge is 0.462 e. The number of likely N-dealkylation sites (tertiary alicyclic amines) is 1. The second-order valence-electron chi connectivity index (χ2n) is 7.22. The molecule has 3 rings (SSSR count). The molecule has 8 heteroatoms. The number of amides is 2. The van der Waals surface area contributed by atoms with E-state index in [0.29, 0.717) is 22.7 Å². The number of nitrogens with zero attached hydrogens (tertiary/aromatic N) is 1. The van der Waals surface area contributed by atoms with Crippen LogP contribution in [0.2, 0.25) is 0 Å². The van der Waals surface area contributed by atoms with Gasteiger partial charge in [-0.25, -0.2) is 14.0 Å². The van der Waals surface area contributed by atoms with Crippen molar-refractivity contribution >= 4 is 28.3 Å². The number of halogens is 1. The topological polar surface area (TPSA) is 70.7 Å². The molecule has 0 bridgehead atoms. The lowest BCUT2D eigenvalue weighted by atomic mass is 10.0. The average molecular weight is 434 g/mol. The highest BCUT2D eigenvalue weighted by Crippen LogP contribution is 2.36. The molecular formula is C22H28FN3O3S. The third-order valence-corrected chi connectivity index (χ3v) is 5.93. The van der Waals surface area contributed by atoms with Crippen LogP contribution < -0.4 is 10.6 Å². The van der Waals surface area contributed by atoms with Crippen molar-refractivity contribution in [2.24, 2.45) is 0 Å². The molecule has 2 N–H and O–H groups in total. The summed E-state index contributed by atoms with van der Waals surface area (Å²) in [7, 11) is 0. The Morgan fingerprint density at radius 3 is 2.60 bits per heavy atom. The van der Waals surface area contributed by atoms with Crippen LogP contribution in [0.5, 0.6) is 0 Å². The summed E-state index contributed by atoms with van der Waals surface area (Å²) in [5.41, 5.74) is 1.59. The Morgan fingerprint density at radius 1 is 1.17 bits per heavy atom. The van der Waals surface area contributed by atoms with Crippen molar-refractivity contribution in [3.8, 4) is 11.1 Å². The van der Waals surface area contributed by atoms with Gasteiger partial charge in [-0.2, -0.15) is 0 Å². The first-order valence-corrected chi connectivity index (χ1v) is 11.3. The fourth-order valence-electron chi connectivity index (χ4n) is 3.51. The lowest BCUT2D eigenvalue weighted by Crippen LogP contribution is -2.30. The van der Waals surface area contributed by atoms with Crippen molar-refractivity contribution in [1.82, 2.24) is 10.2 Å². The Bertz CT molecular complexity index is 848. The minimum atomic E-state index is -0.515. The molecular weight excluding hydrogens is 405 g/mol. The summed E-state index contributed by atoms with van der Waals surface area (Å²) in [6.45, 7) is 5.95. The number of thiophene rings is 1. The number of nitrogens with one attached hydrogen (secondary N) is 2. The van der Waals surface area contributed by atoms with E-state index >= 15 is 0 Å². The number of carbonyl (C=O) groups is 2. The van der Waals surface area contributed by atoms with E-state index in [0.717, 1.165) is 19.4 Å². The summed E-state index contributed by atoms with van der Waals surface area (Å²) in [6, 6.07) is 5.52. The second kappa shape index (κ2) is 11.1. The summed E-state index contributed by atoms with van der Waals surface area (Å²) < 4.78 is 18.4. The van der Waals surface area contributed by atoms with Crippen LogP contribution in [0.3, 0.4) is 0 Å². The van der Waals surface area contributed by atoms with Gasteiger partial charge in [0.1, 0.15) is 16.4 Å². The molecule has 2 amide bonds. The zero-order valence-corrected chi connectivity index (χ0v) is 18.0. The molecule has 1 aromatic carbocycles. The summed E-state index contributed by atoms with van der Waals surface area (Å²) >= 11 is 1.25. The maximum absolute atomic E-state index is 13.3. The highest BCUT2D eigenvalue weighted by Gasteiger charge is 2.22. The molecule has 0 atom stereocenters. The third kappa shape index (κ3) is 6.03. The average Bonchev–Trinajstić information content (AvgIpc) is 3.38. The SMILES string of the molecule is CCOC(=O)c1c(-c2ccc(F)cc2)csc1NC(=O)NCCCCN1CCCC1. The number of ether oxygens (including phenoxy) is 1. The van der Waals surface area contributed by atoms with Gasteiger partial charge in [0.15, 0.2) is 0 Å². The first-order chi connectivity index (χ1) is 14.6. The van der Waals surface area contributed by atoms with Gasteiger partial charge < -0.3 is 15.0 Å². The van der Waals surface area contributed by atoms with E-state index < -0.39 is 5.97 Å². The number of urea groups is 1. The molecule has 0 aliphatic carbocycles. The Morgan fingerprint density at radius 2 is 1.90 bits per heavy atom. The zero-order valence-electron chi connectivity index (χ0n) is 17.2. The number of hydrogen-bond donors (Lipinski definition) is 2. The van der Waals surface area contributed by atoms with Gasteiger partial charge in [-0.1, -0.05) is 12.1 Å². The van der Waals surface area contributed by atoms with Crippen molar-refractivity contribution in [1.29, 1.82) is 0 Å². The van der Waals surface area contributed by atoms with Crippen LogP contribution >= 0.6 is 11.3 Å². The van der Waals surface area contributed by atoms with E-state index in [1.54, 1.807) is 24.4 Å². The summed E-state index contributed by atoms with van der Waals surface area (Å²) in [5.74, 6) is -0.867. The number of hydrogen-bond acceptors (Lipinski definition) is 5. The van der Waals surface area contributed by atoms with E-state index in [1.807, 2.05) is 0 Å². The molecule has 1 aliphatic rings. The van der Waals surface area contributed by atoms with Crippen molar-refractivity contribution in [2.45, 2.75) is 32.6 Å². The van der Waals surface area contributed by atoms with Gasteiger partial charge in [0.05, 0.1) is 6.61 Å². The maximum Gasteiger partial charge on any atom is 0.341 e. The summed E-state index contributed by atoms with van der Waals surface area (Å²) in [5, 5.41) is 7.80. The number of unbranched alkanes of at least 4 members (excludes halogenated alkanes) is 1. The molecule has 0 saturated carbocycles. The van der Waals surface area contributed by atoms with Gasteiger partial charge in [-0.3, -0.25) is 5.32 Å². The third-order valence-electron chi connectivity index (χ3n) is 5.04. The molecule has 1 aromatic heterocycles. The van der Waals surface area contributed by atoms with Gasteiger partial charge in [-0.15, -0.1) is 11.3 Å². The van der Waals surface area contributed by atoms with Crippen molar-refractivity contribution in [3.63, 3.8) is 0 Å². The van der Waals surface area contributed by atoms with E-state index in [1.165, 1.54) is 49.4 Å². The number of carbonyl (C=O) groups excluding carboxylic acids is 2. The van der Waals surface area contributed by atoms with Crippen molar-refractivity contribution in [2.75, 3.05) is 38.1 Å². The Labute approximate surface area is 180 Å². The smallest absolute Gasteiger partial charge is 0.341 e. The fraction of sp³-hybridized carbons (Fsp3) is 0.455. The molecule has 1 aliphatic heterocycles. The normalized spacial score (nSPS) is 13.9. The van der Waals surface area contributed by atoms with Crippen LogP contribution in [0.15, 0.2) is 29.6 Å². The standard InChI is InChI=1S/C22H28FN3O3S/c1-2-29-21(27)19-18(16-7-9-17(23)10-8-16)15-30-20(19)25-22(28)24-11-3-4-12-26-13-5-6-14-26/h7-10,15H,2-6,11-14H2,1H3,(H2,24,25,28). The molecule has 6 nitrogen and oxygen atoms in total. The zero-order chi connectivity index (χ0) is 21.3. The van der Waals surface area contributed by atoms with Crippen molar-refractivity contribution < 1.29 is 18.7 Å². The quantitative estimate of drug-likeness (QED) is 0.443. The highest BCUT2D eigenvalue weighted by atomic mass is 32.1. The molecule has 0 radical (unpaired) electrons. The number of esters is 1. The highest BCUT2D eigenvalue weighted by molar-refractivity contribution is 7.15. The minimum Gasteiger partial charge on any atom is -0.462 e. The fourth-order valence-corrected chi connectivity index (χ4v) is 4.47. The maximum atomic E-state index is 13.3. The molecule has 2 heterocycles. The summed E-state index contributed by atoms with van der Waals surface area (Å²) in [6.07, 6.45) is 4.51. The van der Waals surface area contributed by atoms with Gasteiger partial charge in [-0.05, 0) is 69.9 Å².